The van der Waals surface area contributed by atoms with Crippen LogP contribution in [0.5, 0.6) is 0 Å². The highest BCUT2D eigenvalue weighted by Crippen LogP contribution is 2.28. The zero-order valence-corrected chi connectivity index (χ0v) is 7.99. The van der Waals surface area contributed by atoms with E-state index in [2.05, 4.69) is 21.1 Å². The summed E-state index contributed by atoms with van der Waals surface area (Å²) in [6.07, 6.45) is 0.935. The second kappa shape index (κ2) is 3.27. The predicted octanol–water partition coefficient (Wildman–Crippen LogP) is 2.86. The Bertz CT molecular complexity index is 297. The SMILES string of the molecule is BrC1=NO[C@H](c2ccccc2)C1. The van der Waals surface area contributed by atoms with Crippen LogP contribution in [0.4, 0.5) is 0 Å². The molecule has 0 N–H and O–H groups in total. The fourth-order valence-corrected chi connectivity index (χ4v) is 1.57. The van der Waals surface area contributed by atoms with Gasteiger partial charge in [0.2, 0.25) is 0 Å². The Balaban J connectivity index is 2.14. The molecule has 3 heteroatoms. The van der Waals surface area contributed by atoms with E-state index in [1.54, 1.807) is 0 Å². The summed E-state index contributed by atoms with van der Waals surface area (Å²) in [7, 11) is 0. The molecule has 2 rings (SSSR count). The zero-order chi connectivity index (χ0) is 8.39. The van der Waals surface area contributed by atoms with E-state index in [1.807, 2.05) is 30.3 Å². The molecule has 1 aliphatic heterocycles. The number of oxime groups is 1. The highest BCUT2D eigenvalue weighted by atomic mass is 79.9. The van der Waals surface area contributed by atoms with Crippen molar-refractivity contribution < 1.29 is 4.84 Å². The second-order valence-electron chi connectivity index (χ2n) is 2.68. The lowest BCUT2D eigenvalue weighted by Gasteiger charge is -2.06. The van der Waals surface area contributed by atoms with Gasteiger partial charge in [-0.05, 0) is 21.5 Å². The number of halogens is 1. The zero-order valence-electron chi connectivity index (χ0n) is 6.40. The standard InChI is InChI=1S/C9H8BrNO/c10-9-6-8(12-11-9)7-4-2-1-3-5-7/h1-5,8H,6H2/t8-/m0/s1. The molecular weight excluding hydrogens is 218 g/mol. The number of rotatable bonds is 1. The van der Waals surface area contributed by atoms with Gasteiger partial charge in [0, 0.05) is 6.42 Å². The maximum Gasteiger partial charge on any atom is 0.158 e. The van der Waals surface area contributed by atoms with E-state index in [4.69, 9.17) is 4.84 Å². The van der Waals surface area contributed by atoms with Crippen molar-refractivity contribution in [1.29, 1.82) is 0 Å². The Labute approximate surface area is 79.4 Å². The van der Waals surface area contributed by atoms with E-state index in [0.717, 1.165) is 11.0 Å². The summed E-state index contributed by atoms with van der Waals surface area (Å²) in [5, 5.41) is 3.83. The lowest BCUT2D eigenvalue weighted by atomic mass is 10.1. The first-order chi connectivity index (χ1) is 5.86. The van der Waals surface area contributed by atoms with Gasteiger partial charge in [0.25, 0.3) is 0 Å². The first-order valence-corrected chi connectivity index (χ1v) is 4.59. The Kier molecular flexibility index (Phi) is 2.13. The monoisotopic (exact) mass is 225 g/mol. The molecule has 0 radical (unpaired) electrons. The molecule has 1 heterocycles. The molecule has 0 bridgehead atoms. The molecule has 0 saturated heterocycles. The Hall–Kier alpha value is -0.830. The van der Waals surface area contributed by atoms with Gasteiger partial charge in [-0.2, -0.15) is 0 Å². The van der Waals surface area contributed by atoms with Gasteiger partial charge >= 0.3 is 0 Å². The van der Waals surface area contributed by atoms with E-state index >= 15 is 0 Å². The van der Waals surface area contributed by atoms with Gasteiger partial charge < -0.3 is 4.84 Å². The summed E-state index contributed by atoms with van der Waals surface area (Å²) in [4.78, 5) is 5.19. The normalized spacial score (nSPS) is 21.8. The largest absolute Gasteiger partial charge is 0.386 e. The average molecular weight is 226 g/mol. The average Bonchev–Trinajstić information content (AvgIpc) is 2.54. The maximum atomic E-state index is 5.19. The quantitative estimate of drug-likeness (QED) is 0.721. The summed E-state index contributed by atoms with van der Waals surface area (Å²) in [6, 6.07) is 10.1. The van der Waals surface area contributed by atoms with E-state index in [9.17, 15) is 0 Å². The Morgan fingerprint density at radius 2 is 2.08 bits per heavy atom. The van der Waals surface area contributed by atoms with Crippen LogP contribution in [-0.4, -0.2) is 4.62 Å². The van der Waals surface area contributed by atoms with Crippen LogP contribution in [0.25, 0.3) is 0 Å². The topological polar surface area (TPSA) is 21.6 Å². The smallest absolute Gasteiger partial charge is 0.158 e. The molecule has 12 heavy (non-hydrogen) atoms. The first-order valence-electron chi connectivity index (χ1n) is 3.79. The van der Waals surface area contributed by atoms with Crippen LogP contribution < -0.4 is 0 Å². The third kappa shape index (κ3) is 1.50. The van der Waals surface area contributed by atoms with E-state index in [1.165, 1.54) is 5.56 Å². The van der Waals surface area contributed by atoms with Crippen LogP contribution in [0.1, 0.15) is 18.1 Å². The van der Waals surface area contributed by atoms with E-state index in [0.29, 0.717) is 0 Å². The second-order valence-corrected chi connectivity index (χ2v) is 3.59. The highest BCUT2D eigenvalue weighted by Gasteiger charge is 2.20. The van der Waals surface area contributed by atoms with Crippen molar-refractivity contribution in [2.24, 2.45) is 5.16 Å². The van der Waals surface area contributed by atoms with E-state index in [-0.39, 0.29) is 6.10 Å². The maximum absolute atomic E-state index is 5.19. The number of nitrogens with zero attached hydrogens (tertiary/aromatic N) is 1. The Morgan fingerprint density at radius 1 is 1.33 bits per heavy atom. The molecule has 0 spiro atoms. The van der Waals surface area contributed by atoms with Crippen LogP contribution in [0.3, 0.4) is 0 Å². The van der Waals surface area contributed by atoms with Crippen molar-refractivity contribution in [1.82, 2.24) is 0 Å². The minimum atomic E-state index is 0.0978. The van der Waals surface area contributed by atoms with Gasteiger partial charge in [0.05, 0.1) is 0 Å². The van der Waals surface area contributed by atoms with Gasteiger partial charge in [-0.1, -0.05) is 35.5 Å². The lowest BCUT2D eigenvalue weighted by molar-refractivity contribution is 0.0858. The third-order valence-corrected chi connectivity index (χ3v) is 2.27. The summed E-state index contributed by atoms with van der Waals surface area (Å²) in [5.74, 6) is 0. The van der Waals surface area contributed by atoms with Crippen molar-refractivity contribution >= 4 is 20.6 Å². The van der Waals surface area contributed by atoms with E-state index < -0.39 is 0 Å². The minimum absolute atomic E-state index is 0.0978. The van der Waals surface area contributed by atoms with Crippen molar-refractivity contribution in [3.8, 4) is 0 Å². The first kappa shape index (κ1) is 7.80. The molecule has 0 aliphatic carbocycles. The van der Waals surface area contributed by atoms with Gasteiger partial charge in [-0.25, -0.2) is 0 Å². The summed E-state index contributed by atoms with van der Waals surface area (Å²) in [5.41, 5.74) is 1.18. The van der Waals surface area contributed by atoms with Crippen LogP contribution >= 0.6 is 15.9 Å². The molecule has 1 atom stereocenters. The number of hydrogen-bond donors (Lipinski definition) is 0. The van der Waals surface area contributed by atoms with Crippen molar-refractivity contribution in [3.63, 3.8) is 0 Å². The molecule has 0 aromatic heterocycles. The molecule has 0 unspecified atom stereocenters. The number of hydrogen-bond acceptors (Lipinski definition) is 2. The predicted molar refractivity (Wildman–Crippen MR) is 51.2 cm³/mol. The number of benzene rings is 1. The summed E-state index contributed by atoms with van der Waals surface area (Å²) >= 11 is 3.30. The van der Waals surface area contributed by atoms with Crippen LogP contribution in [0, 0.1) is 0 Å². The van der Waals surface area contributed by atoms with Gasteiger partial charge in [-0.3, -0.25) is 0 Å². The fraction of sp³-hybridized carbons (Fsp3) is 0.222. The molecule has 1 aromatic rings. The fourth-order valence-electron chi connectivity index (χ4n) is 1.19. The summed E-state index contributed by atoms with van der Waals surface area (Å²) < 4.78 is 0.886. The lowest BCUT2D eigenvalue weighted by Crippen LogP contribution is -1.95. The van der Waals surface area contributed by atoms with Crippen LogP contribution in [0.15, 0.2) is 35.5 Å². The van der Waals surface area contributed by atoms with Crippen LogP contribution in [-0.2, 0) is 4.84 Å². The Morgan fingerprint density at radius 3 is 2.67 bits per heavy atom. The molecule has 62 valence electrons. The highest BCUT2D eigenvalue weighted by molar-refractivity contribution is 9.18. The third-order valence-electron chi connectivity index (χ3n) is 1.80. The molecule has 0 fully saturated rings. The van der Waals surface area contributed by atoms with Gasteiger partial charge in [-0.15, -0.1) is 0 Å². The summed E-state index contributed by atoms with van der Waals surface area (Å²) in [6.45, 7) is 0. The molecule has 1 aliphatic rings. The molecule has 0 saturated carbocycles. The van der Waals surface area contributed by atoms with Crippen molar-refractivity contribution in [3.05, 3.63) is 35.9 Å². The minimum Gasteiger partial charge on any atom is -0.386 e. The van der Waals surface area contributed by atoms with Crippen molar-refractivity contribution in [2.75, 3.05) is 0 Å². The van der Waals surface area contributed by atoms with Gasteiger partial charge in [0.1, 0.15) is 4.62 Å². The van der Waals surface area contributed by atoms with Crippen LogP contribution in [0.2, 0.25) is 0 Å². The van der Waals surface area contributed by atoms with Crippen molar-refractivity contribution in [2.45, 2.75) is 12.5 Å². The molecule has 1 aromatic carbocycles. The molecule has 2 nitrogen and oxygen atoms in total. The molecular formula is C9H8BrNO. The van der Waals surface area contributed by atoms with Gasteiger partial charge in [0.15, 0.2) is 6.10 Å². The molecule has 0 amide bonds.